The number of benzene rings is 2. The second-order valence-corrected chi connectivity index (χ2v) is 6.38. The molecule has 0 radical (unpaired) electrons. The molecule has 0 amide bonds. The normalized spacial score (nSPS) is 11.5. The molecule has 2 N–H and O–H groups in total. The fourth-order valence-electron chi connectivity index (χ4n) is 1.63. The molecule has 0 aliphatic heterocycles. The van der Waals surface area contributed by atoms with Gasteiger partial charge in [0, 0.05) is 16.7 Å². The fourth-order valence-corrected chi connectivity index (χ4v) is 2.55. The van der Waals surface area contributed by atoms with Crippen LogP contribution < -0.4 is 4.83 Å². The predicted octanol–water partition coefficient (Wildman–Crippen LogP) is 2.27. The summed E-state index contributed by atoms with van der Waals surface area (Å²) in [5, 5.41) is 24.3. The van der Waals surface area contributed by atoms with E-state index in [1.807, 2.05) is 4.83 Å². The largest absolute Gasteiger partial charge is 0.502 e. The molecule has 0 unspecified atom stereocenters. The van der Waals surface area contributed by atoms with Crippen LogP contribution >= 0.6 is 11.6 Å². The van der Waals surface area contributed by atoms with Crippen molar-refractivity contribution < 1.29 is 18.4 Å². The molecule has 0 bridgehead atoms. The predicted molar refractivity (Wildman–Crippen MR) is 84.1 cm³/mol. The van der Waals surface area contributed by atoms with Crippen molar-refractivity contribution in [2.75, 3.05) is 0 Å². The fraction of sp³-hybridized carbons (Fsp3) is 0. The number of aromatic hydroxyl groups is 1. The highest BCUT2D eigenvalue weighted by Crippen LogP contribution is 2.27. The maximum Gasteiger partial charge on any atom is 0.311 e. The van der Waals surface area contributed by atoms with Gasteiger partial charge in [0.2, 0.25) is 5.75 Å². The van der Waals surface area contributed by atoms with Gasteiger partial charge in [0.05, 0.1) is 16.0 Å². The number of halogens is 1. The lowest BCUT2D eigenvalue weighted by Gasteiger charge is -2.03. The minimum absolute atomic E-state index is 0.00185. The zero-order valence-electron chi connectivity index (χ0n) is 11.4. The molecule has 0 aliphatic rings. The zero-order chi connectivity index (χ0) is 17.0. The maximum atomic E-state index is 12.0. The quantitative estimate of drug-likeness (QED) is 0.484. The highest BCUT2D eigenvalue weighted by Gasteiger charge is 2.16. The Bertz CT molecular complexity index is 866. The Morgan fingerprint density at radius 1 is 1.22 bits per heavy atom. The molecule has 23 heavy (non-hydrogen) atoms. The van der Waals surface area contributed by atoms with E-state index in [0.29, 0.717) is 5.02 Å². The number of hydrogen-bond acceptors (Lipinski definition) is 6. The summed E-state index contributed by atoms with van der Waals surface area (Å²) in [6.45, 7) is 0. The number of nitro benzene ring substituents is 1. The van der Waals surface area contributed by atoms with E-state index in [2.05, 4.69) is 5.10 Å². The Balaban J connectivity index is 2.20. The highest BCUT2D eigenvalue weighted by atomic mass is 35.5. The van der Waals surface area contributed by atoms with Gasteiger partial charge in [-0.15, -0.1) is 0 Å². The van der Waals surface area contributed by atoms with Crippen LogP contribution in [0, 0.1) is 10.1 Å². The number of sulfonamides is 1. The Labute approximate surface area is 136 Å². The molecule has 2 rings (SSSR count). The second kappa shape index (κ2) is 6.63. The first-order valence-electron chi connectivity index (χ1n) is 6.08. The van der Waals surface area contributed by atoms with Crippen LogP contribution in [0.2, 0.25) is 5.02 Å². The smallest absolute Gasteiger partial charge is 0.311 e. The Hall–Kier alpha value is -2.65. The number of hydrogen-bond donors (Lipinski definition) is 2. The van der Waals surface area contributed by atoms with Crippen molar-refractivity contribution in [3.63, 3.8) is 0 Å². The topological polar surface area (TPSA) is 122 Å². The summed E-state index contributed by atoms with van der Waals surface area (Å²) in [7, 11) is -3.91. The number of hydrazone groups is 1. The third-order valence-corrected chi connectivity index (χ3v) is 4.23. The molecule has 0 heterocycles. The third-order valence-electron chi connectivity index (χ3n) is 2.74. The summed E-state index contributed by atoms with van der Waals surface area (Å²) in [6.07, 6.45) is 0.968. The first-order valence-corrected chi connectivity index (χ1v) is 7.94. The summed E-state index contributed by atoms with van der Waals surface area (Å²) in [5.41, 5.74) is -0.507. The molecule has 0 aliphatic carbocycles. The molecule has 0 saturated heterocycles. The van der Waals surface area contributed by atoms with Gasteiger partial charge in [-0.2, -0.15) is 13.5 Å². The number of nitro groups is 1. The van der Waals surface area contributed by atoms with Crippen LogP contribution in [0.25, 0.3) is 0 Å². The van der Waals surface area contributed by atoms with Gasteiger partial charge in [-0.3, -0.25) is 10.1 Å². The number of nitrogens with one attached hydrogen (secondary N) is 1. The number of phenols is 1. The summed E-state index contributed by atoms with van der Waals surface area (Å²) in [5.74, 6) is -0.605. The minimum atomic E-state index is -3.91. The van der Waals surface area contributed by atoms with Gasteiger partial charge in [-0.25, -0.2) is 4.83 Å². The van der Waals surface area contributed by atoms with E-state index in [1.54, 1.807) is 0 Å². The summed E-state index contributed by atoms with van der Waals surface area (Å²) in [4.78, 5) is 11.8. The van der Waals surface area contributed by atoms with Crippen molar-refractivity contribution in [3.05, 3.63) is 63.2 Å². The van der Waals surface area contributed by atoms with Crippen molar-refractivity contribution >= 4 is 33.5 Å². The monoisotopic (exact) mass is 355 g/mol. The van der Waals surface area contributed by atoms with Crippen LogP contribution in [0.3, 0.4) is 0 Å². The molecule has 8 nitrogen and oxygen atoms in total. The second-order valence-electron chi connectivity index (χ2n) is 4.28. The van der Waals surface area contributed by atoms with Gasteiger partial charge in [0.1, 0.15) is 0 Å². The van der Waals surface area contributed by atoms with Crippen LogP contribution in [0.1, 0.15) is 5.56 Å². The number of para-hydroxylation sites is 1. The molecule has 2 aromatic carbocycles. The van der Waals surface area contributed by atoms with E-state index in [9.17, 15) is 23.6 Å². The van der Waals surface area contributed by atoms with Gasteiger partial charge >= 0.3 is 5.69 Å². The molecule has 0 spiro atoms. The van der Waals surface area contributed by atoms with Gasteiger partial charge < -0.3 is 5.11 Å². The maximum absolute atomic E-state index is 12.0. The van der Waals surface area contributed by atoms with Gasteiger partial charge in [0.25, 0.3) is 10.0 Å². The van der Waals surface area contributed by atoms with E-state index >= 15 is 0 Å². The zero-order valence-corrected chi connectivity index (χ0v) is 13.0. The van der Waals surface area contributed by atoms with Gasteiger partial charge in [-0.05, 0) is 30.3 Å². The summed E-state index contributed by atoms with van der Waals surface area (Å²) < 4.78 is 23.9. The molecular formula is C13H10ClN3O5S. The molecule has 0 atom stereocenters. The number of nitrogens with zero attached hydrogens (tertiary/aromatic N) is 2. The molecule has 0 saturated carbocycles. The number of phenolic OH excluding ortho intramolecular Hbond substituents is 1. The van der Waals surface area contributed by atoms with Crippen LogP contribution in [0.15, 0.2) is 52.5 Å². The average Bonchev–Trinajstić information content (AvgIpc) is 2.49. The first kappa shape index (κ1) is 16.7. The van der Waals surface area contributed by atoms with E-state index in [-0.39, 0.29) is 10.5 Å². The molecular weight excluding hydrogens is 346 g/mol. The molecule has 120 valence electrons. The van der Waals surface area contributed by atoms with Crippen LogP contribution in [0.4, 0.5) is 5.69 Å². The van der Waals surface area contributed by atoms with Crippen molar-refractivity contribution in [1.82, 2.24) is 4.83 Å². The summed E-state index contributed by atoms with van der Waals surface area (Å²) >= 11 is 5.68. The highest BCUT2D eigenvalue weighted by molar-refractivity contribution is 7.89. The summed E-state index contributed by atoms with van der Waals surface area (Å²) in [6, 6.07) is 9.22. The van der Waals surface area contributed by atoms with Crippen molar-refractivity contribution in [3.8, 4) is 5.75 Å². The lowest BCUT2D eigenvalue weighted by Crippen LogP contribution is -2.18. The van der Waals surface area contributed by atoms with Gasteiger partial charge in [0.15, 0.2) is 0 Å². The van der Waals surface area contributed by atoms with Crippen molar-refractivity contribution in [2.45, 2.75) is 4.90 Å². The van der Waals surface area contributed by atoms with E-state index in [4.69, 9.17) is 11.6 Å². The molecule has 2 aromatic rings. The first-order chi connectivity index (χ1) is 10.8. The Kier molecular flexibility index (Phi) is 4.82. The van der Waals surface area contributed by atoms with E-state index in [0.717, 1.165) is 12.3 Å². The van der Waals surface area contributed by atoms with E-state index in [1.165, 1.54) is 36.4 Å². The third kappa shape index (κ3) is 3.96. The average molecular weight is 356 g/mol. The minimum Gasteiger partial charge on any atom is -0.502 e. The lowest BCUT2D eigenvalue weighted by atomic mass is 10.2. The molecule has 10 heteroatoms. The standard InChI is InChI=1S/C13H10ClN3O5S/c14-10-4-6-11(7-5-10)23(21,22)16-15-8-9-2-1-3-12(13(9)18)17(19)20/h1-8,16,18H/b15-8-. The van der Waals surface area contributed by atoms with Crippen molar-refractivity contribution in [2.24, 2.45) is 5.10 Å². The Morgan fingerprint density at radius 2 is 1.87 bits per heavy atom. The van der Waals surface area contributed by atoms with Crippen LogP contribution in [-0.2, 0) is 10.0 Å². The Morgan fingerprint density at radius 3 is 2.48 bits per heavy atom. The molecule has 0 aromatic heterocycles. The van der Waals surface area contributed by atoms with Crippen LogP contribution in [0.5, 0.6) is 5.75 Å². The van der Waals surface area contributed by atoms with Crippen LogP contribution in [-0.4, -0.2) is 24.7 Å². The number of rotatable bonds is 5. The van der Waals surface area contributed by atoms with Crippen molar-refractivity contribution in [1.29, 1.82) is 0 Å². The van der Waals surface area contributed by atoms with E-state index < -0.39 is 26.4 Å². The molecule has 0 fully saturated rings. The lowest BCUT2D eigenvalue weighted by molar-refractivity contribution is -0.385. The SMILES string of the molecule is O=[N+]([O-])c1cccc(/C=N\NS(=O)(=O)c2ccc(Cl)cc2)c1O. The van der Waals surface area contributed by atoms with Gasteiger partial charge in [-0.1, -0.05) is 17.7 Å².